The number of aromatic nitrogens is 2. The fourth-order valence-electron chi connectivity index (χ4n) is 2.54. The number of anilines is 1. The summed E-state index contributed by atoms with van der Waals surface area (Å²) in [6.45, 7) is -0.534. The first-order valence-electron chi connectivity index (χ1n) is 7.75. The Kier molecular flexibility index (Phi) is 5.18. The van der Waals surface area contributed by atoms with Crippen LogP contribution in [0.1, 0.15) is 10.5 Å². The molecule has 28 heavy (non-hydrogen) atoms. The standard InChI is InChI=1S/C17H11BrN4O6/c18-12-7-9(22(27)28)5-6-13(12)19-14(23)8-21-16(24)11-4-2-1-3-10(11)15(20-21)17(25)26/h1-7H,8H2,(H,19,23)(H,25,26). The number of nitro groups is 1. The number of fused-ring (bicyclic) bond motifs is 1. The number of carbonyl (C=O) groups is 2. The number of amides is 1. The van der Waals surface area contributed by atoms with Crippen molar-refractivity contribution in [2.45, 2.75) is 6.54 Å². The van der Waals surface area contributed by atoms with Gasteiger partial charge in [-0.25, -0.2) is 9.48 Å². The van der Waals surface area contributed by atoms with Crippen molar-refractivity contribution in [1.29, 1.82) is 0 Å². The van der Waals surface area contributed by atoms with Crippen LogP contribution in [-0.2, 0) is 11.3 Å². The van der Waals surface area contributed by atoms with Crippen LogP contribution in [0.15, 0.2) is 51.7 Å². The van der Waals surface area contributed by atoms with Crippen LogP contribution in [0.5, 0.6) is 0 Å². The average Bonchev–Trinajstić information content (AvgIpc) is 2.65. The first-order chi connectivity index (χ1) is 13.3. The molecule has 1 heterocycles. The maximum atomic E-state index is 12.5. The van der Waals surface area contributed by atoms with Crippen LogP contribution < -0.4 is 10.9 Å². The molecule has 0 unspecified atom stereocenters. The van der Waals surface area contributed by atoms with E-state index >= 15 is 0 Å². The summed E-state index contributed by atoms with van der Waals surface area (Å²) >= 11 is 3.13. The minimum Gasteiger partial charge on any atom is -0.476 e. The molecule has 2 N–H and O–H groups in total. The zero-order valence-electron chi connectivity index (χ0n) is 14.0. The van der Waals surface area contributed by atoms with E-state index in [1.54, 1.807) is 12.1 Å². The van der Waals surface area contributed by atoms with Crippen LogP contribution in [0.3, 0.4) is 0 Å². The molecule has 0 aliphatic heterocycles. The van der Waals surface area contributed by atoms with E-state index in [0.29, 0.717) is 0 Å². The maximum absolute atomic E-state index is 12.5. The highest BCUT2D eigenvalue weighted by Crippen LogP contribution is 2.27. The molecule has 3 aromatic rings. The summed E-state index contributed by atoms with van der Waals surface area (Å²) in [5.74, 6) is -1.99. The number of benzene rings is 2. The topological polar surface area (TPSA) is 144 Å². The lowest BCUT2D eigenvalue weighted by Gasteiger charge is -2.10. The molecule has 1 amide bonds. The van der Waals surface area contributed by atoms with Gasteiger partial charge in [0.2, 0.25) is 5.91 Å². The first-order valence-corrected chi connectivity index (χ1v) is 8.54. The number of hydrogen-bond acceptors (Lipinski definition) is 6. The number of hydrogen-bond donors (Lipinski definition) is 2. The summed E-state index contributed by atoms with van der Waals surface area (Å²) in [6.07, 6.45) is 0. The first kappa shape index (κ1) is 19.2. The van der Waals surface area contributed by atoms with Crippen molar-refractivity contribution in [1.82, 2.24) is 9.78 Å². The smallest absolute Gasteiger partial charge is 0.357 e. The van der Waals surface area contributed by atoms with Crippen molar-refractivity contribution in [2.75, 3.05) is 5.32 Å². The van der Waals surface area contributed by atoms with E-state index < -0.39 is 28.9 Å². The van der Waals surface area contributed by atoms with E-state index in [1.807, 2.05) is 0 Å². The van der Waals surface area contributed by atoms with Gasteiger partial charge in [0, 0.05) is 22.0 Å². The molecule has 10 nitrogen and oxygen atoms in total. The summed E-state index contributed by atoms with van der Waals surface area (Å²) in [7, 11) is 0. The molecular formula is C17H11BrN4O6. The lowest BCUT2D eigenvalue weighted by molar-refractivity contribution is -0.384. The molecule has 0 radical (unpaired) electrons. The molecular weight excluding hydrogens is 436 g/mol. The zero-order valence-corrected chi connectivity index (χ0v) is 15.5. The van der Waals surface area contributed by atoms with Crippen LogP contribution in [0.25, 0.3) is 10.8 Å². The van der Waals surface area contributed by atoms with E-state index in [2.05, 4.69) is 26.3 Å². The van der Waals surface area contributed by atoms with Crippen molar-refractivity contribution >= 4 is 50.0 Å². The van der Waals surface area contributed by atoms with E-state index in [1.165, 1.54) is 30.3 Å². The van der Waals surface area contributed by atoms with Gasteiger partial charge in [0.05, 0.1) is 16.0 Å². The Labute approximate surface area is 164 Å². The maximum Gasteiger partial charge on any atom is 0.357 e. The molecule has 0 saturated heterocycles. The quantitative estimate of drug-likeness (QED) is 0.451. The van der Waals surface area contributed by atoms with Crippen molar-refractivity contribution < 1.29 is 19.6 Å². The van der Waals surface area contributed by atoms with Gasteiger partial charge in [-0.2, -0.15) is 5.10 Å². The number of carboxylic acid groups (broad SMARTS) is 1. The summed E-state index contributed by atoms with van der Waals surface area (Å²) < 4.78 is 1.04. The molecule has 0 aliphatic carbocycles. The second-order valence-electron chi connectivity index (χ2n) is 5.63. The lowest BCUT2D eigenvalue weighted by Crippen LogP contribution is -2.31. The van der Waals surface area contributed by atoms with E-state index in [0.717, 1.165) is 4.68 Å². The second kappa shape index (κ2) is 7.56. The Morgan fingerprint density at radius 2 is 1.89 bits per heavy atom. The van der Waals surface area contributed by atoms with Crippen molar-refractivity contribution in [2.24, 2.45) is 0 Å². The van der Waals surface area contributed by atoms with Gasteiger partial charge in [0.1, 0.15) is 6.54 Å². The summed E-state index contributed by atoms with van der Waals surface area (Å²) in [6, 6.07) is 9.84. The minimum atomic E-state index is -1.33. The molecule has 0 aliphatic rings. The summed E-state index contributed by atoms with van der Waals surface area (Å²) in [5.41, 5.74) is -0.871. The minimum absolute atomic E-state index is 0.124. The summed E-state index contributed by atoms with van der Waals surface area (Å²) in [4.78, 5) is 46.5. The molecule has 2 aromatic carbocycles. The molecule has 0 saturated carbocycles. The van der Waals surface area contributed by atoms with E-state index in [-0.39, 0.29) is 32.3 Å². The average molecular weight is 447 g/mol. The molecule has 3 rings (SSSR count). The molecule has 0 fully saturated rings. The zero-order chi connectivity index (χ0) is 20.4. The molecule has 0 bridgehead atoms. The number of rotatable bonds is 5. The molecule has 142 valence electrons. The van der Waals surface area contributed by atoms with Crippen LogP contribution in [0.4, 0.5) is 11.4 Å². The van der Waals surface area contributed by atoms with Crippen LogP contribution in [0, 0.1) is 10.1 Å². The van der Waals surface area contributed by atoms with Gasteiger partial charge in [0.15, 0.2) is 5.69 Å². The lowest BCUT2D eigenvalue weighted by atomic mass is 10.1. The number of carboxylic acids is 1. The Morgan fingerprint density at radius 1 is 1.21 bits per heavy atom. The van der Waals surface area contributed by atoms with Crippen molar-refractivity contribution in [3.05, 3.63) is 73.1 Å². The third-order valence-corrected chi connectivity index (χ3v) is 4.46. The number of non-ortho nitro benzene ring substituents is 1. The number of nitro benzene ring substituents is 1. The van der Waals surface area contributed by atoms with Gasteiger partial charge < -0.3 is 10.4 Å². The predicted octanol–water partition coefficient (Wildman–Crippen LogP) is 2.40. The van der Waals surface area contributed by atoms with Crippen LogP contribution >= 0.6 is 15.9 Å². The molecule has 11 heteroatoms. The fourth-order valence-corrected chi connectivity index (χ4v) is 3.01. The molecule has 0 spiro atoms. The number of aromatic carboxylic acids is 1. The largest absolute Gasteiger partial charge is 0.476 e. The van der Waals surface area contributed by atoms with Gasteiger partial charge in [0.25, 0.3) is 11.2 Å². The SMILES string of the molecule is O=C(Cn1nc(C(=O)O)c2ccccc2c1=O)Nc1ccc([N+](=O)[O-])cc1Br. The van der Waals surface area contributed by atoms with Gasteiger partial charge >= 0.3 is 5.97 Å². The Balaban J connectivity index is 1.92. The van der Waals surface area contributed by atoms with Crippen molar-refractivity contribution in [3.8, 4) is 0 Å². The molecule has 1 aromatic heterocycles. The highest BCUT2D eigenvalue weighted by molar-refractivity contribution is 9.10. The normalized spacial score (nSPS) is 10.6. The Hall–Kier alpha value is -3.60. The van der Waals surface area contributed by atoms with Crippen LogP contribution in [0.2, 0.25) is 0 Å². The monoisotopic (exact) mass is 446 g/mol. The third-order valence-electron chi connectivity index (χ3n) is 3.80. The van der Waals surface area contributed by atoms with E-state index in [9.17, 15) is 29.6 Å². The third kappa shape index (κ3) is 3.74. The fraction of sp³-hybridized carbons (Fsp3) is 0.0588. The highest BCUT2D eigenvalue weighted by Gasteiger charge is 2.18. The Morgan fingerprint density at radius 3 is 2.50 bits per heavy atom. The number of carbonyl (C=O) groups excluding carboxylic acids is 1. The predicted molar refractivity (Wildman–Crippen MR) is 102 cm³/mol. The number of halogens is 1. The highest BCUT2D eigenvalue weighted by atomic mass is 79.9. The van der Waals surface area contributed by atoms with Gasteiger partial charge in [-0.15, -0.1) is 0 Å². The Bertz CT molecular complexity index is 1190. The van der Waals surface area contributed by atoms with Gasteiger partial charge in [-0.3, -0.25) is 19.7 Å². The second-order valence-corrected chi connectivity index (χ2v) is 6.49. The molecule has 0 atom stereocenters. The number of nitrogens with one attached hydrogen (secondary N) is 1. The van der Waals surface area contributed by atoms with Crippen molar-refractivity contribution in [3.63, 3.8) is 0 Å². The van der Waals surface area contributed by atoms with E-state index in [4.69, 9.17) is 0 Å². The van der Waals surface area contributed by atoms with Crippen LogP contribution in [-0.4, -0.2) is 31.7 Å². The number of nitrogens with zero attached hydrogens (tertiary/aromatic N) is 3. The van der Waals surface area contributed by atoms with Gasteiger partial charge in [-0.05, 0) is 28.1 Å². The summed E-state index contributed by atoms with van der Waals surface area (Å²) in [5, 5.41) is 26.7. The van der Waals surface area contributed by atoms with Gasteiger partial charge in [-0.1, -0.05) is 18.2 Å².